The smallest absolute Gasteiger partial charge is 0.410 e. The van der Waals surface area contributed by atoms with Crippen LogP contribution < -0.4 is 5.32 Å². The lowest BCUT2D eigenvalue weighted by atomic mass is 10.1. The lowest BCUT2D eigenvalue weighted by Crippen LogP contribution is -2.61. The van der Waals surface area contributed by atoms with Crippen LogP contribution in [0.1, 0.15) is 47.0 Å². The summed E-state index contributed by atoms with van der Waals surface area (Å²) in [5.41, 5.74) is -0.391. The van der Waals surface area contributed by atoms with Gasteiger partial charge in [-0.15, -0.1) is 0 Å². The Bertz CT molecular complexity index is 305. The predicted octanol–water partition coefficient (Wildman–Crippen LogP) is 2.38. The first kappa shape index (κ1) is 13.7. The van der Waals surface area contributed by atoms with E-state index < -0.39 is 5.60 Å². The third-order valence-electron chi connectivity index (χ3n) is 3.57. The lowest BCUT2D eigenvalue weighted by molar-refractivity contribution is 0.00501. The van der Waals surface area contributed by atoms with Gasteiger partial charge in [0.2, 0.25) is 0 Å². The number of nitrogens with zero attached hydrogens (tertiary/aromatic N) is 1. The van der Waals surface area contributed by atoms with Crippen LogP contribution in [0.25, 0.3) is 0 Å². The maximum Gasteiger partial charge on any atom is 0.410 e. The minimum Gasteiger partial charge on any atom is -0.444 e. The summed E-state index contributed by atoms with van der Waals surface area (Å²) in [6.45, 7) is 9.54. The zero-order valence-corrected chi connectivity index (χ0v) is 12.0. The van der Waals surface area contributed by atoms with Gasteiger partial charge in [0.15, 0.2) is 0 Å². The number of rotatable bonds is 4. The molecular formula is C14H26N2O2. The number of nitrogens with one attached hydrogen (secondary N) is 1. The van der Waals surface area contributed by atoms with Gasteiger partial charge in [-0.25, -0.2) is 4.79 Å². The van der Waals surface area contributed by atoms with E-state index in [0.29, 0.717) is 12.1 Å². The number of hydrogen-bond acceptors (Lipinski definition) is 3. The number of likely N-dealkylation sites (tertiary alicyclic amines) is 1. The van der Waals surface area contributed by atoms with Gasteiger partial charge in [0.25, 0.3) is 0 Å². The number of carbonyl (C=O) groups excluding carboxylic acids is 1. The number of hydrogen-bond donors (Lipinski definition) is 1. The molecule has 0 radical (unpaired) electrons. The molecule has 0 spiro atoms. The van der Waals surface area contributed by atoms with E-state index >= 15 is 0 Å². The van der Waals surface area contributed by atoms with E-state index in [1.54, 1.807) is 4.90 Å². The highest BCUT2D eigenvalue weighted by atomic mass is 16.6. The van der Waals surface area contributed by atoms with Crippen molar-refractivity contribution in [3.05, 3.63) is 0 Å². The molecule has 2 unspecified atom stereocenters. The van der Waals surface area contributed by atoms with Gasteiger partial charge in [0.1, 0.15) is 5.60 Å². The molecule has 1 heterocycles. The fraction of sp³-hybridized carbons (Fsp3) is 0.929. The van der Waals surface area contributed by atoms with E-state index in [1.165, 1.54) is 19.3 Å². The van der Waals surface area contributed by atoms with Crippen LogP contribution in [0.3, 0.4) is 0 Å². The summed E-state index contributed by atoms with van der Waals surface area (Å²) in [5, 5.41) is 3.62. The highest BCUT2D eigenvalue weighted by molar-refractivity contribution is 5.69. The summed E-state index contributed by atoms with van der Waals surface area (Å²) in [6, 6.07) is 1.18. The Morgan fingerprint density at radius 1 is 1.39 bits per heavy atom. The predicted molar refractivity (Wildman–Crippen MR) is 71.5 cm³/mol. The van der Waals surface area contributed by atoms with E-state index in [0.717, 1.165) is 19.0 Å². The van der Waals surface area contributed by atoms with Crippen molar-refractivity contribution in [2.75, 3.05) is 13.1 Å². The van der Waals surface area contributed by atoms with E-state index in [1.807, 2.05) is 20.8 Å². The molecule has 2 fully saturated rings. The zero-order chi connectivity index (χ0) is 13.3. The molecule has 18 heavy (non-hydrogen) atoms. The molecule has 0 bridgehead atoms. The van der Waals surface area contributed by atoms with Crippen molar-refractivity contribution in [3.63, 3.8) is 0 Å². The highest BCUT2D eigenvalue weighted by Gasteiger charge is 2.41. The summed E-state index contributed by atoms with van der Waals surface area (Å²) >= 11 is 0. The highest BCUT2D eigenvalue weighted by Crippen LogP contribution is 2.35. The van der Waals surface area contributed by atoms with Gasteiger partial charge in [0, 0.05) is 25.2 Å². The second-order valence-corrected chi connectivity index (χ2v) is 6.64. The molecule has 1 N–H and O–H groups in total. The molecule has 4 nitrogen and oxygen atoms in total. The Morgan fingerprint density at radius 2 is 2.06 bits per heavy atom. The maximum absolute atomic E-state index is 11.7. The first-order valence-corrected chi connectivity index (χ1v) is 7.13. The second-order valence-electron chi connectivity index (χ2n) is 6.64. The molecule has 1 saturated carbocycles. The van der Waals surface area contributed by atoms with Crippen LogP contribution >= 0.6 is 0 Å². The Labute approximate surface area is 110 Å². The Balaban J connectivity index is 1.61. The van der Waals surface area contributed by atoms with Gasteiger partial charge in [-0.3, -0.25) is 0 Å². The van der Waals surface area contributed by atoms with Gasteiger partial charge >= 0.3 is 6.09 Å². The van der Waals surface area contributed by atoms with Crippen LogP contribution in [-0.4, -0.2) is 41.8 Å². The third kappa shape index (κ3) is 3.61. The monoisotopic (exact) mass is 254 g/mol. The average Bonchev–Trinajstić information content (AvgIpc) is 2.87. The average molecular weight is 254 g/mol. The summed E-state index contributed by atoms with van der Waals surface area (Å²) < 4.78 is 5.33. The molecule has 2 atom stereocenters. The molecule has 1 aliphatic heterocycles. The standard InChI is InChI=1S/C14H26N2O2/c1-5-6-10-7-12(10)15-11-8-16(9-11)13(17)18-14(2,3)4/h10-12,15H,5-9H2,1-4H3. The Morgan fingerprint density at radius 3 is 2.61 bits per heavy atom. The quantitative estimate of drug-likeness (QED) is 0.837. The fourth-order valence-corrected chi connectivity index (χ4v) is 2.50. The number of amides is 1. The topological polar surface area (TPSA) is 41.6 Å². The van der Waals surface area contributed by atoms with Gasteiger partial charge in [-0.05, 0) is 39.5 Å². The number of carbonyl (C=O) groups is 1. The van der Waals surface area contributed by atoms with E-state index in [-0.39, 0.29) is 6.09 Å². The molecule has 2 rings (SSSR count). The molecule has 1 amide bonds. The van der Waals surface area contributed by atoms with Gasteiger partial charge in [-0.2, -0.15) is 0 Å². The molecule has 1 saturated heterocycles. The van der Waals surface area contributed by atoms with E-state index in [4.69, 9.17) is 4.74 Å². The molecule has 4 heteroatoms. The van der Waals surface area contributed by atoms with Gasteiger partial charge < -0.3 is 15.0 Å². The van der Waals surface area contributed by atoms with Gasteiger partial charge in [0.05, 0.1) is 0 Å². The van der Waals surface area contributed by atoms with Gasteiger partial charge in [-0.1, -0.05) is 13.3 Å². The molecule has 104 valence electrons. The Hall–Kier alpha value is -0.770. The van der Waals surface area contributed by atoms with Crippen molar-refractivity contribution in [2.24, 2.45) is 5.92 Å². The fourth-order valence-electron chi connectivity index (χ4n) is 2.50. The van der Waals surface area contributed by atoms with Crippen molar-refractivity contribution in [1.29, 1.82) is 0 Å². The molecule has 0 aromatic heterocycles. The van der Waals surface area contributed by atoms with E-state index in [9.17, 15) is 4.79 Å². The molecule has 2 aliphatic rings. The summed E-state index contributed by atoms with van der Waals surface area (Å²) in [7, 11) is 0. The number of ether oxygens (including phenoxy) is 1. The molecule has 0 aromatic carbocycles. The van der Waals surface area contributed by atoms with Crippen molar-refractivity contribution < 1.29 is 9.53 Å². The largest absolute Gasteiger partial charge is 0.444 e. The minimum atomic E-state index is -0.391. The normalized spacial score (nSPS) is 27.9. The molecule has 0 aromatic rings. The lowest BCUT2D eigenvalue weighted by Gasteiger charge is -2.40. The zero-order valence-electron chi connectivity index (χ0n) is 12.0. The first-order chi connectivity index (χ1) is 8.39. The van der Waals surface area contributed by atoms with Crippen LogP contribution in [0.2, 0.25) is 0 Å². The first-order valence-electron chi connectivity index (χ1n) is 7.13. The second kappa shape index (κ2) is 5.08. The van der Waals surface area contributed by atoms with Crippen molar-refractivity contribution in [1.82, 2.24) is 10.2 Å². The van der Waals surface area contributed by atoms with Crippen LogP contribution in [0, 0.1) is 5.92 Å². The van der Waals surface area contributed by atoms with Crippen molar-refractivity contribution in [3.8, 4) is 0 Å². The molecular weight excluding hydrogens is 228 g/mol. The minimum absolute atomic E-state index is 0.179. The SMILES string of the molecule is CCCC1CC1NC1CN(C(=O)OC(C)(C)C)C1. The summed E-state index contributed by atoms with van der Waals surface area (Å²) in [6.07, 6.45) is 3.75. The van der Waals surface area contributed by atoms with Crippen LogP contribution in [-0.2, 0) is 4.74 Å². The maximum atomic E-state index is 11.7. The summed E-state index contributed by atoms with van der Waals surface area (Å²) in [5.74, 6) is 0.880. The third-order valence-corrected chi connectivity index (χ3v) is 3.57. The van der Waals surface area contributed by atoms with Crippen LogP contribution in [0.5, 0.6) is 0 Å². The van der Waals surface area contributed by atoms with Crippen molar-refractivity contribution >= 4 is 6.09 Å². The van der Waals surface area contributed by atoms with E-state index in [2.05, 4.69) is 12.2 Å². The van der Waals surface area contributed by atoms with Crippen LogP contribution in [0.4, 0.5) is 4.79 Å². The summed E-state index contributed by atoms with van der Waals surface area (Å²) in [4.78, 5) is 13.5. The Kier molecular flexibility index (Phi) is 3.85. The van der Waals surface area contributed by atoms with Crippen molar-refractivity contribution in [2.45, 2.75) is 64.6 Å². The van der Waals surface area contributed by atoms with Crippen LogP contribution in [0.15, 0.2) is 0 Å². The molecule has 1 aliphatic carbocycles.